The van der Waals surface area contributed by atoms with E-state index in [1.54, 1.807) is 0 Å². The molecule has 0 saturated heterocycles. The van der Waals surface area contributed by atoms with Crippen LogP contribution in [0.4, 0.5) is 0 Å². The van der Waals surface area contributed by atoms with Gasteiger partial charge in [-0.05, 0) is 44.0 Å². The van der Waals surface area contributed by atoms with Gasteiger partial charge in [-0.3, -0.25) is 0 Å². The smallest absolute Gasteiger partial charge is 0.0441 e. The summed E-state index contributed by atoms with van der Waals surface area (Å²) in [6, 6.07) is 6.92. The molecular weight excluding hydrogens is 254 g/mol. The summed E-state index contributed by atoms with van der Waals surface area (Å²) in [4.78, 5) is 0. The van der Waals surface area contributed by atoms with Gasteiger partial charge in [-0.1, -0.05) is 62.8 Å². The molecule has 0 aliphatic heterocycles. The van der Waals surface area contributed by atoms with Crippen molar-refractivity contribution in [3.63, 3.8) is 0 Å². The number of benzene rings is 1. The zero-order valence-corrected chi connectivity index (χ0v) is 13.4. The van der Waals surface area contributed by atoms with Crippen LogP contribution in [0.1, 0.15) is 56.6 Å². The second kappa shape index (κ2) is 9.39. The molecule has 19 heavy (non-hydrogen) atoms. The molecule has 0 aromatic heterocycles. The predicted molar refractivity (Wildman–Crippen MR) is 86.1 cm³/mol. The van der Waals surface area contributed by atoms with Crippen molar-refractivity contribution in [2.45, 2.75) is 64.8 Å². The maximum atomic E-state index is 6.31. The van der Waals surface area contributed by atoms with Crippen molar-refractivity contribution in [3.8, 4) is 0 Å². The van der Waals surface area contributed by atoms with Crippen LogP contribution in [0.3, 0.4) is 0 Å². The van der Waals surface area contributed by atoms with Gasteiger partial charge in [0.25, 0.3) is 0 Å². The summed E-state index contributed by atoms with van der Waals surface area (Å²) in [5, 5.41) is 4.33. The molecule has 1 rings (SSSR count). The summed E-state index contributed by atoms with van der Waals surface area (Å²) in [5.41, 5.74) is 2.49. The van der Waals surface area contributed by atoms with Gasteiger partial charge in [-0.15, -0.1) is 0 Å². The predicted octanol–water partition coefficient (Wildman–Crippen LogP) is 5.14. The van der Waals surface area contributed by atoms with Crippen LogP contribution in [0.5, 0.6) is 0 Å². The van der Waals surface area contributed by atoms with Crippen molar-refractivity contribution in [2.75, 3.05) is 7.05 Å². The first-order chi connectivity index (χ1) is 9.17. The summed E-state index contributed by atoms with van der Waals surface area (Å²) in [6.07, 6.45) is 9.00. The average Bonchev–Trinajstić information content (AvgIpc) is 2.39. The molecule has 1 aromatic carbocycles. The normalized spacial score (nSPS) is 12.6. The minimum absolute atomic E-state index is 0.543. The Morgan fingerprint density at radius 1 is 1.16 bits per heavy atom. The number of rotatable bonds is 9. The molecule has 0 fully saturated rings. The van der Waals surface area contributed by atoms with Crippen LogP contribution >= 0.6 is 11.6 Å². The van der Waals surface area contributed by atoms with E-state index in [0.29, 0.717) is 6.04 Å². The molecule has 1 atom stereocenters. The lowest BCUT2D eigenvalue weighted by atomic mass is 9.99. The van der Waals surface area contributed by atoms with E-state index in [1.807, 2.05) is 0 Å². The van der Waals surface area contributed by atoms with Crippen molar-refractivity contribution in [1.29, 1.82) is 0 Å². The molecule has 108 valence electrons. The molecule has 0 radical (unpaired) electrons. The molecule has 0 bridgehead atoms. The average molecular weight is 282 g/mol. The topological polar surface area (TPSA) is 12.0 Å². The van der Waals surface area contributed by atoms with E-state index in [2.05, 4.69) is 44.4 Å². The van der Waals surface area contributed by atoms with E-state index in [1.165, 1.54) is 49.7 Å². The maximum Gasteiger partial charge on any atom is 0.0441 e. The minimum Gasteiger partial charge on any atom is -0.317 e. The third kappa shape index (κ3) is 6.44. The van der Waals surface area contributed by atoms with Crippen LogP contribution < -0.4 is 5.32 Å². The summed E-state index contributed by atoms with van der Waals surface area (Å²) >= 11 is 6.31. The molecule has 0 aliphatic carbocycles. The Labute approximate surface area is 123 Å². The van der Waals surface area contributed by atoms with Gasteiger partial charge >= 0.3 is 0 Å². The van der Waals surface area contributed by atoms with E-state index < -0.39 is 0 Å². The fourth-order valence-electron chi connectivity index (χ4n) is 2.43. The lowest BCUT2D eigenvalue weighted by molar-refractivity contribution is 0.482. The SMILES string of the molecule is CCCCCCCC(Cc1ccc(C)cc1Cl)NC. The lowest BCUT2D eigenvalue weighted by Crippen LogP contribution is -2.27. The first-order valence-corrected chi connectivity index (χ1v) is 7.97. The van der Waals surface area contributed by atoms with Crippen molar-refractivity contribution in [1.82, 2.24) is 5.32 Å². The highest BCUT2D eigenvalue weighted by molar-refractivity contribution is 6.31. The van der Waals surface area contributed by atoms with Gasteiger partial charge < -0.3 is 5.32 Å². The molecule has 0 saturated carbocycles. The number of aryl methyl sites for hydroxylation is 1. The first kappa shape index (κ1) is 16.5. The van der Waals surface area contributed by atoms with Crippen LogP contribution in [0.2, 0.25) is 5.02 Å². The minimum atomic E-state index is 0.543. The Bertz CT molecular complexity index is 362. The largest absolute Gasteiger partial charge is 0.317 e. The van der Waals surface area contributed by atoms with Crippen molar-refractivity contribution >= 4 is 11.6 Å². The van der Waals surface area contributed by atoms with Crippen molar-refractivity contribution < 1.29 is 0 Å². The van der Waals surface area contributed by atoms with Crippen LogP contribution in [0.25, 0.3) is 0 Å². The highest BCUT2D eigenvalue weighted by Crippen LogP contribution is 2.20. The fraction of sp³-hybridized carbons (Fsp3) is 0.647. The van der Waals surface area contributed by atoms with Gasteiger partial charge in [0.1, 0.15) is 0 Å². The number of hydrogen-bond donors (Lipinski definition) is 1. The standard InChI is InChI=1S/C17H28ClN/c1-4-5-6-7-8-9-16(19-3)13-15-11-10-14(2)12-17(15)18/h10-12,16,19H,4-9,13H2,1-3H3. The van der Waals surface area contributed by atoms with Crippen molar-refractivity contribution in [3.05, 3.63) is 34.3 Å². The molecule has 0 heterocycles. The number of halogens is 1. The number of nitrogens with one attached hydrogen (secondary N) is 1. The summed E-state index contributed by atoms with van der Waals surface area (Å²) in [7, 11) is 2.05. The van der Waals surface area contributed by atoms with Gasteiger partial charge in [0, 0.05) is 11.1 Å². The molecule has 1 N–H and O–H groups in total. The van der Waals surface area contributed by atoms with E-state index >= 15 is 0 Å². The summed E-state index contributed by atoms with van der Waals surface area (Å²) in [5.74, 6) is 0. The highest BCUT2D eigenvalue weighted by Gasteiger charge is 2.09. The first-order valence-electron chi connectivity index (χ1n) is 7.59. The quantitative estimate of drug-likeness (QED) is 0.618. The third-order valence-electron chi connectivity index (χ3n) is 3.74. The van der Waals surface area contributed by atoms with E-state index in [0.717, 1.165) is 11.4 Å². The van der Waals surface area contributed by atoms with Gasteiger partial charge in [-0.2, -0.15) is 0 Å². The second-order valence-electron chi connectivity index (χ2n) is 5.49. The molecule has 0 spiro atoms. The highest BCUT2D eigenvalue weighted by atomic mass is 35.5. The molecule has 2 heteroatoms. The van der Waals surface area contributed by atoms with Crippen molar-refractivity contribution in [2.24, 2.45) is 0 Å². The van der Waals surface area contributed by atoms with Crippen LogP contribution in [-0.2, 0) is 6.42 Å². The monoisotopic (exact) mass is 281 g/mol. The Kier molecular flexibility index (Phi) is 8.16. The zero-order valence-electron chi connectivity index (χ0n) is 12.6. The Balaban J connectivity index is 2.39. The maximum absolute atomic E-state index is 6.31. The van der Waals surface area contributed by atoms with Gasteiger partial charge in [0.15, 0.2) is 0 Å². The molecule has 1 unspecified atom stereocenters. The van der Waals surface area contributed by atoms with Crippen LogP contribution in [-0.4, -0.2) is 13.1 Å². The van der Waals surface area contributed by atoms with E-state index in [9.17, 15) is 0 Å². The molecule has 1 nitrogen and oxygen atoms in total. The molecule has 0 aliphatic rings. The van der Waals surface area contributed by atoms with Gasteiger partial charge in [0.05, 0.1) is 0 Å². The Morgan fingerprint density at radius 3 is 2.53 bits per heavy atom. The Hall–Kier alpha value is -0.530. The van der Waals surface area contributed by atoms with Gasteiger partial charge in [-0.25, -0.2) is 0 Å². The summed E-state index contributed by atoms with van der Waals surface area (Å²) < 4.78 is 0. The lowest BCUT2D eigenvalue weighted by Gasteiger charge is -2.17. The number of unbranched alkanes of at least 4 members (excludes halogenated alkanes) is 4. The van der Waals surface area contributed by atoms with Crippen LogP contribution in [0.15, 0.2) is 18.2 Å². The zero-order chi connectivity index (χ0) is 14.1. The Morgan fingerprint density at radius 2 is 1.89 bits per heavy atom. The van der Waals surface area contributed by atoms with E-state index in [4.69, 9.17) is 11.6 Å². The molecular formula is C17H28ClN. The van der Waals surface area contributed by atoms with Gasteiger partial charge in [0.2, 0.25) is 0 Å². The van der Waals surface area contributed by atoms with E-state index in [-0.39, 0.29) is 0 Å². The molecule has 1 aromatic rings. The fourth-order valence-corrected chi connectivity index (χ4v) is 2.74. The summed E-state index contributed by atoms with van der Waals surface area (Å²) in [6.45, 7) is 4.34. The second-order valence-corrected chi connectivity index (χ2v) is 5.89. The third-order valence-corrected chi connectivity index (χ3v) is 4.09. The van der Waals surface area contributed by atoms with Crippen LogP contribution in [0, 0.1) is 6.92 Å². The molecule has 0 amide bonds. The number of hydrogen-bond acceptors (Lipinski definition) is 1. The number of likely N-dealkylation sites (N-methyl/N-ethyl adjacent to an activating group) is 1.